The van der Waals surface area contributed by atoms with Crippen molar-refractivity contribution in [3.63, 3.8) is 0 Å². The Bertz CT molecular complexity index is 388. The van der Waals surface area contributed by atoms with Crippen LogP contribution in [0, 0.1) is 0 Å². The van der Waals surface area contributed by atoms with Crippen LogP contribution in [0.3, 0.4) is 0 Å². The number of unbranched alkanes of at least 4 members (excludes halogenated alkanes) is 19. The summed E-state index contributed by atoms with van der Waals surface area (Å²) in [5.41, 5.74) is -1.36. The highest BCUT2D eigenvalue weighted by molar-refractivity contribution is 9.09. The maximum Gasteiger partial charge on any atom is 0.116 e. The molecule has 0 saturated heterocycles. The summed E-state index contributed by atoms with van der Waals surface area (Å²) >= 11 is 3.46. The highest BCUT2D eigenvalue weighted by Crippen LogP contribution is 2.30. The molecule has 2 atom stereocenters. The van der Waals surface area contributed by atoms with Crippen LogP contribution in [0.25, 0.3) is 0 Å². The molecule has 0 aliphatic heterocycles. The van der Waals surface area contributed by atoms with Gasteiger partial charge in [0.15, 0.2) is 0 Å². The Kier molecular flexibility index (Phi) is 26.3. The highest BCUT2D eigenvalue weighted by atomic mass is 79.9. The van der Waals surface area contributed by atoms with Crippen molar-refractivity contribution in [3.8, 4) is 0 Å². The second-order valence-electron chi connectivity index (χ2n) is 11.1. The molecule has 0 fully saturated rings. The fourth-order valence-corrected chi connectivity index (χ4v) is 5.60. The lowest BCUT2D eigenvalue weighted by atomic mass is 9.81. The molecule has 3 nitrogen and oxygen atoms in total. The summed E-state index contributed by atoms with van der Waals surface area (Å²) in [4.78, 5) is 0. The second kappa shape index (κ2) is 26.0. The van der Waals surface area contributed by atoms with Crippen LogP contribution in [0.1, 0.15) is 174 Å². The van der Waals surface area contributed by atoms with Gasteiger partial charge in [0.25, 0.3) is 0 Å². The van der Waals surface area contributed by atoms with E-state index in [-0.39, 0.29) is 0 Å². The number of aliphatic hydroxyl groups excluding tert-OH is 2. The molecule has 0 aromatic rings. The lowest BCUT2D eigenvalue weighted by Crippen LogP contribution is -2.52. The van der Waals surface area contributed by atoms with Gasteiger partial charge in [-0.2, -0.15) is 0 Å². The maximum atomic E-state index is 11.3. The number of halogens is 1. The SMILES string of the molecule is CCCCCCCCCCCCC(O)C(O)(CCCCBr)C(O)CCCCCCCCCCCC. The number of hydrogen-bond donors (Lipinski definition) is 3. The lowest BCUT2D eigenvalue weighted by molar-refractivity contribution is -0.155. The molecule has 0 bridgehead atoms. The summed E-state index contributed by atoms with van der Waals surface area (Å²) in [5.74, 6) is 0. The first-order valence-electron chi connectivity index (χ1n) is 15.7. The molecular weight excluding hydrogens is 500 g/mol. The predicted octanol–water partition coefficient (Wildman–Crippen LogP) is 9.63. The standard InChI is InChI=1S/C31H63BrO3/c1-3-5-7-9-11-13-15-17-19-21-25-29(33)31(35,27-23-24-28-32)30(34)26-22-20-18-16-14-12-10-8-6-4-2/h29-30,33-35H,3-28H2,1-2H3. The van der Waals surface area contributed by atoms with E-state index in [2.05, 4.69) is 29.8 Å². The molecule has 212 valence electrons. The van der Waals surface area contributed by atoms with E-state index in [1.165, 1.54) is 103 Å². The van der Waals surface area contributed by atoms with Crippen molar-refractivity contribution < 1.29 is 15.3 Å². The smallest absolute Gasteiger partial charge is 0.116 e. The van der Waals surface area contributed by atoms with Crippen molar-refractivity contribution in [2.24, 2.45) is 0 Å². The van der Waals surface area contributed by atoms with Crippen molar-refractivity contribution >= 4 is 15.9 Å². The van der Waals surface area contributed by atoms with Gasteiger partial charge in [-0.1, -0.05) is 158 Å². The van der Waals surface area contributed by atoms with Crippen LogP contribution in [0.4, 0.5) is 0 Å². The Hall–Kier alpha value is 0.360. The summed E-state index contributed by atoms with van der Waals surface area (Å²) in [6, 6.07) is 0. The summed E-state index contributed by atoms with van der Waals surface area (Å²) in [6.07, 6.45) is 27.0. The average molecular weight is 564 g/mol. The third kappa shape index (κ3) is 20.1. The van der Waals surface area contributed by atoms with Gasteiger partial charge in [-0.05, 0) is 32.1 Å². The number of alkyl halides is 1. The van der Waals surface area contributed by atoms with Gasteiger partial charge < -0.3 is 15.3 Å². The minimum atomic E-state index is -1.36. The van der Waals surface area contributed by atoms with E-state index in [0.717, 1.165) is 43.9 Å². The summed E-state index contributed by atoms with van der Waals surface area (Å²) in [7, 11) is 0. The monoisotopic (exact) mass is 562 g/mol. The first-order valence-corrected chi connectivity index (χ1v) is 16.8. The molecule has 0 amide bonds. The van der Waals surface area contributed by atoms with Crippen molar-refractivity contribution in [3.05, 3.63) is 0 Å². The summed E-state index contributed by atoms with van der Waals surface area (Å²) < 4.78 is 0. The summed E-state index contributed by atoms with van der Waals surface area (Å²) in [6.45, 7) is 4.52. The fraction of sp³-hybridized carbons (Fsp3) is 1.00. The largest absolute Gasteiger partial charge is 0.390 e. The maximum absolute atomic E-state index is 11.3. The topological polar surface area (TPSA) is 60.7 Å². The van der Waals surface area contributed by atoms with E-state index in [1.807, 2.05) is 0 Å². The molecule has 2 unspecified atom stereocenters. The Balaban J connectivity index is 4.16. The average Bonchev–Trinajstić information content (AvgIpc) is 2.86. The Labute approximate surface area is 228 Å². The van der Waals surface area contributed by atoms with Gasteiger partial charge in [0.2, 0.25) is 0 Å². The Morgan fingerprint density at radius 3 is 1.11 bits per heavy atom. The molecule has 0 radical (unpaired) electrons. The van der Waals surface area contributed by atoms with Crippen LogP contribution in [-0.4, -0.2) is 38.5 Å². The summed E-state index contributed by atoms with van der Waals surface area (Å²) in [5, 5.41) is 34.0. The fourth-order valence-electron chi connectivity index (χ4n) is 5.21. The van der Waals surface area contributed by atoms with Gasteiger partial charge in [0.05, 0.1) is 12.2 Å². The van der Waals surface area contributed by atoms with Crippen LogP contribution < -0.4 is 0 Å². The van der Waals surface area contributed by atoms with E-state index in [4.69, 9.17) is 0 Å². The quantitative estimate of drug-likeness (QED) is 0.0656. The minimum Gasteiger partial charge on any atom is -0.390 e. The van der Waals surface area contributed by atoms with E-state index in [1.54, 1.807) is 0 Å². The van der Waals surface area contributed by atoms with Crippen molar-refractivity contribution in [1.29, 1.82) is 0 Å². The first-order chi connectivity index (χ1) is 17.0. The zero-order chi connectivity index (χ0) is 26.0. The van der Waals surface area contributed by atoms with Crippen LogP contribution in [0.5, 0.6) is 0 Å². The van der Waals surface area contributed by atoms with E-state index in [0.29, 0.717) is 19.3 Å². The predicted molar refractivity (Wildman–Crippen MR) is 158 cm³/mol. The molecule has 0 spiro atoms. The first kappa shape index (κ1) is 35.4. The van der Waals surface area contributed by atoms with Crippen molar-refractivity contribution in [1.82, 2.24) is 0 Å². The third-order valence-electron chi connectivity index (χ3n) is 7.78. The molecule has 4 heteroatoms. The minimum absolute atomic E-state index is 0.483. The van der Waals surface area contributed by atoms with Gasteiger partial charge in [-0.15, -0.1) is 0 Å². The normalized spacial score (nSPS) is 15.3. The van der Waals surface area contributed by atoms with Crippen LogP contribution in [-0.2, 0) is 0 Å². The zero-order valence-corrected chi connectivity index (χ0v) is 25.3. The van der Waals surface area contributed by atoms with Gasteiger partial charge in [0.1, 0.15) is 5.60 Å². The third-order valence-corrected chi connectivity index (χ3v) is 8.34. The van der Waals surface area contributed by atoms with Gasteiger partial charge in [0, 0.05) is 5.33 Å². The number of rotatable bonds is 28. The van der Waals surface area contributed by atoms with Crippen molar-refractivity contribution in [2.75, 3.05) is 5.33 Å². The molecule has 0 aromatic heterocycles. The Morgan fingerprint density at radius 1 is 0.486 bits per heavy atom. The number of aliphatic hydroxyl groups is 3. The molecule has 0 aliphatic rings. The molecule has 0 heterocycles. The van der Waals surface area contributed by atoms with E-state index < -0.39 is 17.8 Å². The highest BCUT2D eigenvalue weighted by Gasteiger charge is 2.41. The molecule has 35 heavy (non-hydrogen) atoms. The number of hydrogen-bond acceptors (Lipinski definition) is 3. The molecule has 0 aromatic carbocycles. The van der Waals surface area contributed by atoms with Crippen LogP contribution in [0.2, 0.25) is 0 Å². The molecule has 0 rings (SSSR count). The van der Waals surface area contributed by atoms with Gasteiger partial charge in [-0.3, -0.25) is 0 Å². The lowest BCUT2D eigenvalue weighted by Gasteiger charge is -2.37. The molecule has 0 saturated carbocycles. The van der Waals surface area contributed by atoms with Crippen molar-refractivity contribution in [2.45, 2.75) is 192 Å². The van der Waals surface area contributed by atoms with Crippen LogP contribution in [0.15, 0.2) is 0 Å². The molecule has 0 aliphatic carbocycles. The van der Waals surface area contributed by atoms with E-state index in [9.17, 15) is 15.3 Å². The Morgan fingerprint density at radius 2 is 0.800 bits per heavy atom. The van der Waals surface area contributed by atoms with Crippen LogP contribution >= 0.6 is 15.9 Å². The molecule has 3 N–H and O–H groups in total. The second-order valence-corrected chi connectivity index (χ2v) is 11.9. The van der Waals surface area contributed by atoms with E-state index >= 15 is 0 Å². The molecular formula is C31H63BrO3. The van der Waals surface area contributed by atoms with Gasteiger partial charge in [-0.25, -0.2) is 0 Å². The van der Waals surface area contributed by atoms with Gasteiger partial charge >= 0.3 is 0 Å². The zero-order valence-electron chi connectivity index (χ0n) is 23.8.